The molecule has 17 heavy (non-hydrogen) atoms. The van der Waals surface area contributed by atoms with Gasteiger partial charge in [-0.25, -0.2) is 0 Å². The fourth-order valence-corrected chi connectivity index (χ4v) is 2.33. The van der Waals surface area contributed by atoms with Gasteiger partial charge in [-0.05, 0) is 25.7 Å². The molecule has 0 bridgehead atoms. The average molecular weight is 264 g/mol. The number of Topliss-reactive ketones (excluding diaryl/α,β-unsaturated/α-hetero) is 1. The summed E-state index contributed by atoms with van der Waals surface area (Å²) >= 11 is 0. The number of carbonyl (C=O) groups is 2. The van der Waals surface area contributed by atoms with Crippen LogP contribution in [0.2, 0.25) is 0 Å². The van der Waals surface area contributed by atoms with Crippen molar-refractivity contribution in [2.24, 2.45) is 0 Å². The van der Waals surface area contributed by atoms with E-state index in [-0.39, 0.29) is 6.10 Å². The molecule has 0 unspecified atom stereocenters. The highest BCUT2D eigenvalue weighted by Gasteiger charge is 2.21. The molecule has 0 aromatic rings. The van der Waals surface area contributed by atoms with Crippen molar-refractivity contribution in [3.63, 3.8) is 0 Å². The quantitative estimate of drug-likeness (QED) is 0.446. The van der Waals surface area contributed by atoms with E-state index in [9.17, 15) is 18.0 Å². The molecule has 0 radical (unpaired) electrons. The van der Waals surface area contributed by atoms with Crippen molar-refractivity contribution < 1.29 is 27.3 Å². The first-order valence-electron chi connectivity index (χ1n) is 5.53. The van der Waals surface area contributed by atoms with Crippen molar-refractivity contribution in [3.05, 3.63) is 0 Å². The third kappa shape index (κ3) is 6.38. The monoisotopic (exact) mass is 264 g/mol. The Morgan fingerprint density at radius 3 is 2.29 bits per heavy atom. The number of esters is 1. The highest BCUT2D eigenvalue weighted by atomic mass is 32.2. The maximum atomic E-state index is 11.3. The Labute approximate surface area is 100 Å². The Morgan fingerprint density at radius 1 is 1.18 bits per heavy atom. The highest BCUT2D eigenvalue weighted by molar-refractivity contribution is 7.86. The normalized spacial score (nSPS) is 17.7. The molecule has 1 rings (SSSR count). The minimum Gasteiger partial charge on any atom is -0.462 e. The number of ketones is 1. The van der Waals surface area contributed by atoms with Gasteiger partial charge in [-0.2, -0.15) is 8.42 Å². The summed E-state index contributed by atoms with van der Waals surface area (Å²) in [6, 6.07) is 0. The maximum absolute atomic E-state index is 11.3. The molecule has 7 heteroatoms. The number of rotatable bonds is 5. The zero-order valence-corrected chi connectivity index (χ0v) is 10.2. The van der Waals surface area contributed by atoms with Crippen LogP contribution in [-0.2, 0) is 24.4 Å². The lowest BCUT2D eigenvalue weighted by atomic mass is 9.98. The molecule has 1 fully saturated rings. The van der Waals surface area contributed by atoms with Gasteiger partial charge in [0.05, 0.1) is 0 Å². The second-order valence-corrected chi connectivity index (χ2v) is 5.64. The van der Waals surface area contributed by atoms with Crippen LogP contribution in [0.25, 0.3) is 0 Å². The molecule has 0 aromatic carbocycles. The smallest absolute Gasteiger partial charge is 0.313 e. The van der Waals surface area contributed by atoms with Crippen LogP contribution in [0, 0.1) is 0 Å². The van der Waals surface area contributed by atoms with E-state index >= 15 is 0 Å². The lowest BCUT2D eigenvalue weighted by Gasteiger charge is -2.21. The lowest BCUT2D eigenvalue weighted by Crippen LogP contribution is -2.24. The van der Waals surface area contributed by atoms with Crippen molar-refractivity contribution in [2.45, 2.75) is 44.6 Å². The molecule has 1 saturated carbocycles. The molecule has 98 valence electrons. The fraction of sp³-hybridized carbons (Fsp3) is 0.800. The number of hydrogen-bond acceptors (Lipinski definition) is 5. The molecular formula is C10H16O6S. The predicted octanol–water partition coefficient (Wildman–Crippen LogP) is 0.709. The second-order valence-electron chi connectivity index (χ2n) is 4.19. The van der Waals surface area contributed by atoms with Crippen molar-refractivity contribution in [3.8, 4) is 0 Å². The Kier molecular flexibility index (Phi) is 5.07. The first-order valence-corrected chi connectivity index (χ1v) is 7.14. The summed E-state index contributed by atoms with van der Waals surface area (Å²) in [4.78, 5) is 22.4. The van der Waals surface area contributed by atoms with Gasteiger partial charge in [0.2, 0.25) is 0 Å². The molecule has 0 atom stereocenters. The van der Waals surface area contributed by atoms with Crippen LogP contribution in [0.1, 0.15) is 38.5 Å². The molecule has 0 heterocycles. The maximum Gasteiger partial charge on any atom is 0.313 e. The SMILES string of the molecule is O=C(CC(=O)OC1CCCCC1)CS(=O)(=O)O. The van der Waals surface area contributed by atoms with Crippen LogP contribution < -0.4 is 0 Å². The van der Waals surface area contributed by atoms with E-state index in [0.29, 0.717) is 0 Å². The van der Waals surface area contributed by atoms with Gasteiger partial charge < -0.3 is 4.74 Å². The molecule has 0 aromatic heterocycles. The van der Waals surface area contributed by atoms with Crippen molar-refractivity contribution in [1.29, 1.82) is 0 Å². The zero-order valence-electron chi connectivity index (χ0n) is 9.42. The van der Waals surface area contributed by atoms with Crippen LogP contribution >= 0.6 is 0 Å². The third-order valence-electron chi connectivity index (χ3n) is 2.54. The third-order valence-corrected chi connectivity index (χ3v) is 3.22. The number of carbonyl (C=O) groups excluding carboxylic acids is 2. The molecule has 0 saturated heterocycles. The van der Waals surface area contributed by atoms with E-state index in [1.165, 1.54) is 0 Å². The van der Waals surface area contributed by atoms with Gasteiger partial charge in [0.1, 0.15) is 18.3 Å². The molecule has 6 nitrogen and oxygen atoms in total. The van der Waals surface area contributed by atoms with Gasteiger partial charge >= 0.3 is 5.97 Å². The summed E-state index contributed by atoms with van der Waals surface area (Å²) in [6.45, 7) is 0. The molecule has 1 aliphatic rings. The van der Waals surface area contributed by atoms with Crippen LogP contribution in [0.15, 0.2) is 0 Å². The van der Waals surface area contributed by atoms with Gasteiger partial charge in [0.15, 0.2) is 5.78 Å². The van der Waals surface area contributed by atoms with E-state index in [4.69, 9.17) is 9.29 Å². The van der Waals surface area contributed by atoms with E-state index in [2.05, 4.69) is 0 Å². The minimum absolute atomic E-state index is 0.158. The number of hydrogen-bond donors (Lipinski definition) is 1. The number of ether oxygens (including phenoxy) is 1. The van der Waals surface area contributed by atoms with Crippen LogP contribution in [0.3, 0.4) is 0 Å². The molecule has 0 amide bonds. The first-order chi connectivity index (χ1) is 7.87. The van der Waals surface area contributed by atoms with Crippen LogP contribution in [0.4, 0.5) is 0 Å². The summed E-state index contributed by atoms with van der Waals surface area (Å²) in [5.74, 6) is -2.61. The van der Waals surface area contributed by atoms with Crippen LogP contribution in [0.5, 0.6) is 0 Å². The van der Waals surface area contributed by atoms with E-state index in [1.54, 1.807) is 0 Å². The lowest BCUT2D eigenvalue weighted by molar-refractivity contribution is -0.151. The standard InChI is InChI=1S/C10H16O6S/c11-8(7-17(13,14)15)6-10(12)16-9-4-2-1-3-5-9/h9H,1-7H2,(H,13,14,15). The Morgan fingerprint density at radius 2 is 1.76 bits per heavy atom. The fourth-order valence-electron chi connectivity index (χ4n) is 1.83. The van der Waals surface area contributed by atoms with Gasteiger partial charge in [-0.1, -0.05) is 6.42 Å². The summed E-state index contributed by atoms with van der Waals surface area (Å²) in [5.41, 5.74) is 0. The van der Waals surface area contributed by atoms with Crippen LogP contribution in [-0.4, -0.2) is 36.6 Å². The summed E-state index contributed by atoms with van der Waals surface area (Å²) in [7, 11) is -4.36. The summed E-state index contributed by atoms with van der Waals surface area (Å²) in [6.07, 6.45) is 3.94. The summed E-state index contributed by atoms with van der Waals surface area (Å²) in [5, 5.41) is 0. The van der Waals surface area contributed by atoms with E-state index in [0.717, 1.165) is 32.1 Å². The zero-order chi connectivity index (χ0) is 12.9. The molecule has 1 aliphatic carbocycles. The molecule has 0 spiro atoms. The highest BCUT2D eigenvalue weighted by Crippen LogP contribution is 2.20. The Hall–Kier alpha value is -0.950. The van der Waals surface area contributed by atoms with Gasteiger partial charge in [0.25, 0.3) is 10.1 Å². The molecule has 1 N–H and O–H groups in total. The van der Waals surface area contributed by atoms with Gasteiger partial charge in [-0.15, -0.1) is 0 Å². The van der Waals surface area contributed by atoms with Gasteiger partial charge in [-0.3, -0.25) is 14.1 Å². The minimum atomic E-state index is -4.36. The van der Waals surface area contributed by atoms with E-state index in [1.807, 2.05) is 0 Å². The second kappa shape index (κ2) is 6.11. The van der Waals surface area contributed by atoms with E-state index < -0.39 is 34.0 Å². The molecule has 0 aliphatic heterocycles. The Balaban J connectivity index is 2.31. The topological polar surface area (TPSA) is 97.7 Å². The first kappa shape index (κ1) is 14.1. The Bertz CT molecular complexity index is 380. The average Bonchev–Trinajstić information content (AvgIpc) is 2.15. The predicted molar refractivity (Wildman–Crippen MR) is 59.0 cm³/mol. The summed E-state index contributed by atoms with van der Waals surface area (Å²) < 4.78 is 34.3. The van der Waals surface area contributed by atoms with Crippen molar-refractivity contribution >= 4 is 21.9 Å². The van der Waals surface area contributed by atoms with Crippen molar-refractivity contribution in [1.82, 2.24) is 0 Å². The van der Waals surface area contributed by atoms with Crippen molar-refractivity contribution in [2.75, 3.05) is 5.75 Å². The molecular weight excluding hydrogens is 248 g/mol. The largest absolute Gasteiger partial charge is 0.462 e. The van der Waals surface area contributed by atoms with Gasteiger partial charge in [0, 0.05) is 0 Å².